The number of carboxylic acid groups (broad SMARTS) is 1. The van der Waals surface area contributed by atoms with Crippen molar-refractivity contribution in [3.05, 3.63) is 23.8 Å². The summed E-state index contributed by atoms with van der Waals surface area (Å²) in [6.07, 6.45) is 8.98. The van der Waals surface area contributed by atoms with E-state index < -0.39 is 5.97 Å². The summed E-state index contributed by atoms with van der Waals surface area (Å²) < 4.78 is 11.9. The number of nitrogens with zero attached hydrogens (tertiary/aromatic N) is 1. The van der Waals surface area contributed by atoms with E-state index in [4.69, 9.17) is 14.6 Å². The summed E-state index contributed by atoms with van der Waals surface area (Å²) in [4.78, 5) is 13.1. The lowest BCUT2D eigenvalue weighted by atomic mass is 10.1. The number of hydrogen-bond acceptors (Lipinski definition) is 4. The van der Waals surface area contributed by atoms with Crippen molar-refractivity contribution in [2.75, 3.05) is 32.8 Å². The zero-order chi connectivity index (χ0) is 19.3. The quantitative estimate of drug-likeness (QED) is 0.641. The van der Waals surface area contributed by atoms with Gasteiger partial charge in [-0.1, -0.05) is 32.3 Å². The second kappa shape index (κ2) is 12.6. The molecular formula is C22H35NO4. The van der Waals surface area contributed by atoms with Gasteiger partial charge in [-0.15, -0.1) is 0 Å². The van der Waals surface area contributed by atoms with Gasteiger partial charge in [-0.3, -0.25) is 4.79 Å². The fraction of sp³-hybridized carbons (Fsp3) is 0.682. The van der Waals surface area contributed by atoms with Gasteiger partial charge in [0.2, 0.25) is 0 Å². The fourth-order valence-electron chi connectivity index (χ4n) is 3.39. The Kier molecular flexibility index (Phi) is 10.1. The lowest BCUT2D eigenvalue weighted by molar-refractivity contribution is -0.137. The first-order chi connectivity index (χ1) is 13.2. The van der Waals surface area contributed by atoms with Gasteiger partial charge in [-0.25, -0.2) is 0 Å². The highest BCUT2D eigenvalue weighted by Gasteiger charge is 2.12. The highest BCUT2D eigenvalue weighted by molar-refractivity contribution is 5.66. The van der Waals surface area contributed by atoms with Gasteiger partial charge in [0.15, 0.2) is 0 Å². The van der Waals surface area contributed by atoms with Crippen LogP contribution in [0, 0.1) is 0 Å². The van der Waals surface area contributed by atoms with Crippen LogP contribution < -0.4 is 9.47 Å². The van der Waals surface area contributed by atoms with E-state index in [0.29, 0.717) is 13.2 Å². The van der Waals surface area contributed by atoms with E-state index in [1.165, 1.54) is 24.8 Å². The van der Waals surface area contributed by atoms with E-state index in [9.17, 15) is 4.79 Å². The van der Waals surface area contributed by atoms with E-state index in [-0.39, 0.29) is 6.42 Å². The summed E-state index contributed by atoms with van der Waals surface area (Å²) in [7, 11) is 0. The van der Waals surface area contributed by atoms with E-state index in [0.717, 1.165) is 63.3 Å². The van der Waals surface area contributed by atoms with Gasteiger partial charge in [0, 0.05) is 12.6 Å². The molecule has 1 aliphatic heterocycles. The molecule has 0 saturated heterocycles. The average molecular weight is 378 g/mol. The molecule has 5 heteroatoms. The number of fused-ring (bicyclic) bond motifs is 1. The number of aryl methyl sites for hydroxylation is 1. The Morgan fingerprint density at radius 3 is 2.85 bits per heavy atom. The lowest BCUT2D eigenvalue weighted by Gasteiger charge is -2.21. The molecule has 0 saturated carbocycles. The van der Waals surface area contributed by atoms with Gasteiger partial charge in [0.05, 0.1) is 19.6 Å². The molecule has 152 valence electrons. The zero-order valence-electron chi connectivity index (χ0n) is 16.8. The number of unbranched alkanes of at least 4 members (excludes halogenated alkanes) is 3. The van der Waals surface area contributed by atoms with Crippen LogP contribution in [0.4, 0.5) is 0 Å². The summed E-state index contributed by atoms with van der Waals surface area (Å²) in [5.41, 5.74) is 1.22. The van der Waals surface area contributed by atoms with E-state index in [1.807, 2.05) is 12.1 Å². The molecule has 0 unspecified atom stereocenters. The SMILES string of the molecule is CCCCCCOc1ccc2c(c1)OCCCCN(CCC(=O)O)CCC2. The molecule has 0 radical (unpaired) electrons. The van der Waals surface area contributed by atoms with Crippen molar-refractivity contribution < 1.29 is 19.4 Å². The molecule has 0 aliphatic carbocycles. The topological polar surface area (TPSA) is 59.0 Å². The van der Waals surface area contributed by atoms with Gasteiger partial charge in [-0.05, 0) is 56.8 Å². The lowest BCUT2D eigenvalue weighted by Crippen LogP contribution is -2.29. The third-order valence-electron chi connectivity index (χ3n) is 4.99. The van der Waals surface area contributed by atoms with Gasteiger partial charge in [-0.2, -0.15) is 0 Å². The monoisotopic (exact) mass is 377 g/mol. The molecular weight excluding hydrogens is 342 g/mol. The van der Waals surface area contributed by atoms with E-state index >= 15 is 0 Å². The van der Waals surface area contributed by atoms with Crippen molar-refractivity contribution in [1.29, 1.82) is 0 Å². The van der Waals surface area contributed by atoms with Crippen molar-refractivity contribution in [2.45, 2.75) is 64.7 Å². The molecule has 0 fully saturated rings. The smallest absolute Gasteiger partial charge is 0.304 e. The molecule has 1 aromatic rings. The van der Waals surface area contributed by atoms with Gasteiger partial charge >= 0.3 is 5.97 Å². The van der Waals surface area contributed by atoms with E-state index in [1.54, 1.807) is 0 Å². The van der Waals surface area contributed by atoms with E-state index in [2.05, 4.69) is 17.9 Å². The first-order valence-electron chi connectivity index (χ1n) is 10.5. The first-order valence-corrected chi connectivity index (χ1v) is 10.5. The van der Waals surface area contributed by atoms with Crippen molar-refractivity contribution in [3.8, 4) is 11.5 Å². The minimum atomic E-state index is -0.722. The molecule has 1 aromatic carbocycles. The predicted octanol–water partition coefficient (Wildman–Crippen LogP) is 4.53. The number of rotatable bonds is 9. The molecule has 0 bridgehead atoms. The molecule has 0 amide bonds. The maximum Gasteiger partial charge on any atom is 0.304 e. The fourth-order valence-corrected chi connectivity index (χ4v) is 3.39. The minimum absolute atomic E-state index is 0.214. The number of aliphatic carboxylic acids is 1. The molecule has 0 atom stereocenters. The zero-order valence-corrected chi connectivity index (χ0v) is 16.8. The van der Waals surface area contributed by atoms with Crippen molar-refractivity contribution in [1.82, 2.24) is 4.90 Å². The van der Waals surface area contributed by atoms with Gasteiger partial charge in [0.25, 0.3) is 0 Å². The molecule has 1 N–H and O–H groups in total. The molecule has 27 heavy (non-hydrogen) atoms. The number of hydrogen-bond donors (Lipinski definition) is 1. The highest BCUT2D eigenvalue weighted by Crippen LogP contribution is 2.27. The van der Waals surface area contributed by atoms with Gasteiger partial charge in [0.1, 0.15) is 11.5 Å². The number of benzene rings is 1. The maximum atomic E-state index is 10.8. The van der Waals surface area contributed by atoms with Crippen molar-refractivity contribution in [3.63, 3.8) is 0 Å². The van der Waals surface area contributed by atoms with Gasteiger partial charge < -0.3 is 19.5 Å². The van der Waals surface area contributed by atoms with Crippen molar-refractivity contribution in [2.24, 2.45) is 0 Å². The minimum Gasteiger partial charge on any atom is -0.493 e. The highest BCUT2D eigenvalue weighted by atomic mass is 16.5. The Morgan fingerprint density at radius 1 is 1.19 bits per heavy atom. The number of carboxylic acids is 1. The average Bonchev–Trinajstić information content (AvgIpc) is 2.70. The summed E-state index contributed by atoms with van der Waals surface area (Å²) in [6, 6.07) is 6.20. The Labute approximate surface area is 163 Å². The van der Waals surface area contributed by atoms with Crippen LogP contribution in [0.2, 0.25) is 0 Å². The molecule has 0 spiro atoms. The Morgan fingerprint density at radius 2 is 2.04 bits per heavy atom. The maximum absolute atomic E-state index is 10.8. The molecule has 0 aromatic heterocycles. The Bertz CT molecular complexity index is 561. The predicted molar refractivity (Wildman–Crippen MR) is 108 cm³/mol. The Balaban J connectivity index is 1.89. The normalized spacial score (nSPS) is 16.0. The largest absolute Gasteiger partial charge is 0.493 e. The summed E-state index contributed by atoms with van der Waals surface area (Å²) in [6.45, 7) is 6.18. The number of carbonyl (C=O) groups is 1. The van der Waals surface area contributed by atoms with Crippen LogP contribution in [-0.4, -0.2) is 48.8 Å². The summed E-state index contributed by atoms with van der Waals surface area (Å²) in [5, 5.41) is 8.92. The second-order valence-electron chi connectivity index (χ2n) is 7.32. The molecule has 1 aliphatic rings. The Hall–Kier alpha value is -1.75. The van der Waals surface area contributed by atoms with Crippen LogP contribution in [0.25, 0.3) is 0 Å². The van der Waals surface area contributed by atoms with Crippen LogP contribution in [0.15, 0.2) is 18.2 Å². The van der Waals surface area contributed by atoms with Crippen LogP contribution in [-0.2, 0) is 11.2 Å². The van der Waals surface area contributed by atoms with Crippen LogP contribution >= 0.6 is 0 Å². The second-order valence-corrected chi connectivity index (χ2v) is 7.32. The standard InChI is InChI=1S/C22H35NO4/c1-2-3-4-6-16-26-20-11-10-19-9-8-14-23(15-12-22(24)25)13-5-7-17-27-21(19)18-20/h10-11,18H,2-9,12-17H2,1H3,(H,24,25). The third kappa shape index (κ3) is 8.65. The van der Waals surface area contributed by atoms with Crippen LogP contribution in [0.5, 0.6) is 11.5 Å². The van der Waals surface area contributed by atoms with Crippen LogP contribution in [0.1, 0.15) is 63.9 Å². The summed E-state index contributed by atoms with van der Waals surface area (Å²) >= 11 is 0. The van der Waals surface area contributed by atoms with Crippen molar-refractivity contribution >= 4 is 5.97 Å². The summed E-state index contributed by atoms with van der Waals surface area (Å²) in [5.74, 6) is 1.11. The molecule has 2 rings (SSSR count). The first kappa shape index (κ1) is 21.5. The molecule has 5 nitrogen and oxygen atoms in total. The molecule has 1 heterocycles. The third-order valence-corrected chi connectivity index (χ3v) is 4.99. The number of ether oxygens (including phenoxy) is 2. The van der Waals surface area contributed by atoms with Crippen LogP contribution in [0.3, 0.4) is 0 Å².